The van der Waals surface area contributed by atoms with Crippen LogP contribution < -0.4 is 5.48 Å². The molecule has 0 radical (unpaired) electrons. The van der Waals surface area contributed by atoms with E-state index in [1.54, 1.807) is 7.11 Å². The third kappa shape index (κ3) is 2.77. The number of hydrogen-bond acceptors (Lipinski definition) is 3. The Labute approximate surface area is 68.0 Å². The topological polar surface area (TPSA) is 30.5 Å². The molecule has 0 atom stereocenters. The maximum absolute atomic E-state index is 5.23. The third-order valence-electron chi connectivity index (χ3n) is 1.90. The Hall–Kier alpha value is -0.120. The highest BCUT2D eigenvalue weighted by atomic mass is 16.7. The fraction of sp³-hybridized carbons (Fsp3) is 1.00. The minimum Gasteiger partial charge on any atom is -0.381 e. The molecule has 0 aliphatic heterocycles. The molecule has 1 aliphatic rings. The number of hydroxylamine groups is 1. The van der Waals surface area contributed by atoms with Crippen LogP contribution in [0.25, 0.3) is 0 Å². The van der Waals surface area contributed by atoms with Gasteiger partial charge in [-0.25, -0.2) is 0 Å². The predicted octanol–water partition coefficient (Wildman–Crippen LogP) is 1.09. The largest absolute Gasteiger partial charge is 0.381 e. The Balaban J connectivity index is 1.96. The normalized spacial score (nSPS) is 30.5. The summed E-state index contributed by atoms with van der Waals surface area (Å²) in [6, 6.07) is 0.502. The summed E-state index contributed by atoms with van der Waals surface area (Å²) < 4.78 is 5.13. The van der Waals surface area contributed by atoms with Gasteiger partial charge in [0.1, 0.15) is 0 Å². The van der Waals surface area contributed by atoms with Crippen molar-refractivity contribution in [3.8, 4) is 0 Å². The van der Waals surface area contributed by atoms with Gasteiger partial charge in [0.2, 0.25) is 0 Å². The van der Waals surface area contributed by atoms with Gasteiger partial charge in [0.15, 0.2) is 0 Å². The SMILES string of the molecule is COC1CC(NOC(C)C)C1. The molecule has 3 heteroatoms. The molecule has 0 heterocycles. The second kappa shape index (κ2) is 4.04. The van der Waals surface area contributed by atoms with E-state index in [4.69, 9.17) is 9.57 Å². The molecule has 1 N–H and O–H groups in total. The third-order valence-corrected chi connectivity index (χ3v) is 1.90. The molecule has 1 fully saturated rings. The quantitative estimate of drug-likeness (QED) is 0.623. The molecule has 0 amide bonds. The summed E-state index contributed by atoms with van der Waals surface area (Å²) in [7, 11) is 1.75. The van der Waals surface area contributed by atoms with Gasteiger partial charge in [0, 0.05) is 13.2 Å². The molecule has 0 spiro atoms. The van der Waals surface area contributed by atoms with Gasteiger partial charge in [0.05, 0.1) is 12.2 Å². The molecule has 1 rings (SSSR count). The van der Waals surface area contributed by atoms with E-state index in [1.807, 2.05) is 13.8 Å². The zero-order chi connectivity index (χ0) is 8.27. The molecule has 66 valence electrons. The molecule has 1 saturated carbocycles. The predicted molar refractivity (Wildman–Crippen MR) is 43.2 cm³/mol. The Morgan fingerprint density at radius 2 is 2.00 bits per heavy atom. The smallest absolute Gasteiger partial charge is 0.0734 e. The lowest BCUT2D eigenvalue weighted by molar-refractivity contribution is -0.0797. The molecule has 11 heavy (non-hydrogen) atoms. The first kappa shape index (κ1) is 8.97. The van der Waals surface area contributed by atoms with Crippen molar-refractivity contribution in [1.29, 1.82) is 0 Å². The number of methoxy groups -OCH3 is 1. The van der Waals surface area contributed by atoms with Crippen LogP contribution >= 0.6 is 0 Å². The van der Waals surface area contributed by atoms with Gasteiger partial charge in [-0.05, 0) is 26.7 Å². The summed E-state index contributed by atoms with van der Waals surface area (Å²) in [6.07, 6.45) is 2.85. The highest BCUT2D eigenvalue weighted by molar-refractivity contribution is 4.83. The van der Waals surface area contributed by atoms with Crippen LogP contribution in [0.2, 0.25) is 0 Å². The molecular weight excluding hydrogens is 142 g/mol. The van der Waals surface area contributed by atoms with Crippen LogP contribution in [0.5, 0.6) is 0 Å². The monoisotopic (exact) mass is 159 g/mol. The van der Waals surface area contributed by atoms with Crippen molar-refractivity contribution < 1.29 is 9.57 Å². The Bertz CT molecular complexity index is 111. The standard InChI is InChI=1S/C8H17NO2/c1-6(2)11-9-7-4-8(5-7)10-3/h6-9H,4-5H2,1-3H3. The van der Waals surface area contributed by atoms with Gasteiger partial charge in [-0.15, -0.1) is 0 Å². The molecule has 0 saturated heterocycles. The van der Waals surface area contributed by atoms with Gasteiger partial charge in [-0.2, -0.15) is 5.48 Å². The Morgan fingerprint density at radius 1 is 1.36 bits per heavy atom. The van der Waals surface area contributed by atoms with Crippen molar-refractivity contribution in [1.82, 2.24) is 5.48 Å². The molecule has 0 aromatic rings. The van der Waals surface area contributed by atoms with E-state index in [9.17, 15) is 0 Å². The molecule has 1 aliphatic carbocycles. The van der Waals surface area contributed by atoms with Crippen LogP contribution in [0.15, 0.2) is 0 Å². The highest BCUT2D eigenvalue weighted by Gasteiger charge is 2.28. The van der Waals surface area contributed by atoms with E-state index in [2.05, 4.69) is 5.48 Å². The fourth-order valence-corrected chi connectivity index (χ4v) is 1.09. The summed E-state index contributed by atoms with van der Waals surface area (Å²) in [5.74, 6) is 0. The minimum absolute atomic E-state index is 0.261. The molecular formula is C8H17NO2. The van der Waals surface area contributed by atoms with Gasteiger partial charge in [0.25, 0.3) is 0 Å². The van der Waals surface area contributed by atoms with Crippen molar-refractivity contribution in [2.75, 3.05) is 7.11 Å². The zero-order valence-electron chi connectivity index (χ0n) is 7.46. The maximum atomic E-state index is 5.23. The molecule has 0 unspecified atom stereocenters. The second-order valence-electron chi connectivity index (χ2n) is 3.31. The van der Waals surface area contributed by atoms with Crippen LogP contribution in [0, 0.1) is 0 Å². The highest BCUT2D eigenvalue weighted by Crippen LogP contribution is 2.22. The Morgan fingerprint density at radius 3 is 2.45 bits per heavy atom. The van der Waals surface area contributed by atoms with E-state index >= 15 is 0 Å². The van der Waals surface area contributed by atoms with E-state index in [1.165, 1.54) is 0 Å². The number of nitrogens with one attached hydrogen (secondary N) is 1. The van der Waals surface area contributed by atoms with Gasteiger partial charge in [-0.3, -0.25) is 4.84 Å². The van der Waals surface area contributed by atoms with Crippen molar-refractivity contribution in [3.63, 3.8) is 0 Å². The number of rotatable bonds is 4. The average Bonchev–Trinajstić information content (AvgIpc) is 1.84. The van der Waals surface area contributed by atoms with Crippen LogP contribution in [-0.4, -0.2) is 25.4 Å². The number of ether oxygens (including phenoxy) is 1. The summed E-state index contributed by atoms with van der Waals surface area (Å²) >= 11 is 0. The van der Waals surface area contributed by atoms with Crippen LogP contribution in [0.1, 0.15) is 26.7 Å². The van der Waals surface area contributed by atoms with Gasteiger partial charge in [-0.1, -0.05) is 0 Å². The summed E-state index contributed by atoms with van der Waals surface area (Å²) in [4.78, 5) is 5.23. The van der Waals surface area contributed by atoms with E-state index in [0.717, 1.165) is 12.8 Å². The zero-order valence-corrected chi connectivity index (χ0v) is 7.46. The van der Waals surface area contributed by atoms with Crippen molar-refractivity contribution in [2.45, 2.75) is 44.9 Å². The fourth-order valence-electron chi connectivity index (χ4n) is 1.09. The van der Waals surface area contributed by atoms with Crippen LogP contribution in [0.4, 0.5) is 0 Å². The lowest BCUT2D eigenvalue weighted by atomic mass is 9.90. The first-order chi connectivity index (χ1) is 5.22. The lowest BCUT2D eigenvalue weighted by Crippen LogP contribution is -2.45. The van der Waals surface area contributed by atoms with Gasteiger partial charge < -0.3 is 4.74 Å². The van der Waals surface area contributed by atoms with Crippen molar-refractivity contribution in [2.24, 2.45) is 0 Å². The van der Waals surface area contributed by atoms with E-state index < -0.39 is 0 Å². The van der Waals surface area contributed by atoms with E-state index in [0.29, 0.717) is 12.1 Å². The number of hydrogen-bond donors (Lipinski definition) is 1. The lowest BCUT2D eigenvalue weighted by Gasteiger charge is -2.34. The molecule has 0 aromatic carbocycles. The van der Waals surface area contributed by atoms with Crippen molar-refractivity contribution >= 4 is 0 Å². The van der Waals surface area contributed by atoms with Crippen molar-refractivity contribution in [3.05, 3.63) is 0 Å². The molecule has 3 nitrogen and oxygen atoms in total. The van der Waals surface area contributed by atoms with Gasteiger partial charge >= 0.3 is 0 Å². The minimum atomic E-state index is 0.261. The first-order valence-electron chi connectivity index (χ1n) is 4.16. The first-order valence-corrected chi connectivity index (χ1v) is 4.16. The maximum Gasteiger partial charge on any atom is 0.0734 e. The second-order valence-corrected chi connectivity index (χ2v) is 3.31. The summed E-state index contributed by atoms with van der Waals surface area (Å²) in [5.41, 5.74) is 3.00. The van der Waals surface area contributed by atoms with Crippen LogP contribution in [0.3, 0.4) is 0 Å². The van der Waals surface area contributed by atoms with Crippen LogP contribution in [-0.2, 0) is 9.57 Å². The molecule has 0 bridgehead atoms. The summed E-state index contributed by atoms with van der Waals surface area (Å²) in [5, 5.41) is 0. The van der Waals surface area contributed by atoms with E-state index in [-0.39, 0.29) is 6.10 Å². The summed E-state index contributed by atoms with van der Waals surface area (Å²) in [6.45, 7) is 4.03. The molecule has 0 aromatic heterocycles. The Kier molecular flexibility index (Phi) is 3.30. The average molecular weight is 159 g/mol.